The van der Waals surface area contributed by atoms with Crippen LogP contribution in [-0.2, 0) is 0 Å². The summed E-state index contributed by atoms with van der Waals surface area (Å²) in [6, 6.07) is 7.42. The first-order valence-electron chi connectivity index (χ1n) is 7.92. The van der Waals surface area contributed by atoms with Crippen LogP contribution in [0.4, 0.5) is 5.69 Å². The lowest BCUT2D eigenvalue weighted by Gasteiger charge is -2.15. The first-order chi connectivity index (χ1) is 13.3. The molecule has 0 bridgehead atoms. The molecule has 148 valence electrons. The lowest BCUT2D eigenvalue weighted by atomic mass is 10.2. The molecule has 0 saturated carbocycles. The van der Waals surface area contributed by atoms with E-state index in [1.54, 1.807) is 18.2 Å². The van der Waals surface area contributed by atoms with Crippen molar-refractivity contribution in [3.05, 3.63) is 51.0 Å². The van der Waals surface area contributed by atoms with E-state index < -0.39 is 11.9 Å². The topological polar surface area (TPSA) is 96.9 Å². The van der Waals surface area contributed by atoms with Crippen LogP contribution in [0.3, 0.4) is 0 Å². The number of nitrogens with one attached hydrogen (secondary N) is 2. The van der Waals surface area contributed by atoms with Crippen LogP contribution in [0.25, 0.3) is 0 Å². The number of carbonyl (C=O) groups is 2. The van der Waals surface area contributed by atoms with Crippen LogP contribution < -0.4 is 20.1 Å². The number of hydrogen-bond acceptors (Lipinski definition) is 5. The predicted molar refractivity (Wildman–Crippen MR) is 114 cm³/mol. The second kappa shape index (κ2) is 9.72. The fourth-order valence-electron chi connectivity index (χ4n) is 2.26. The average Bonchev–Trinajstić information content (AvgIpc) is 2.63. The lowest BCUT2D eigenvalue weighted by molar-refractivity contribution is 0.0696. The SMILES string of the molecule is CCOc1ccc(C(=O)NC(=S)Nc2cc(C(=O)O)cc(Cl)c2OC)cc1Br. The van der Waals surface area contributed by atoms with E-state index in [2.05, 4.69) is 26.6 Å². The number of benzene rings is 2. The minimum atomic E-state index is -1.17. The molecule has 0 saturated heterocycles. The summed E-state index contributed by atoms with van der Waals surface area (Å²) in [5.74, 6) is -0.806. The van der Waals surface area contributed by atoms with Crippen LogP contribution in [-0.4, -0.2) is 35.8 Å². The van der Waals surface area contributed by atoms with Crippen molar-refractivity contribution < 1.29 is 24.2 Å². The van der Waals surface area contributed by atoms with E-state index in [1.165, 1.54) is 19.2 Å². The highest BCUT2D eigenvalue weighted by Gasteiger charge is 2.16. The third kappa shape index (κ3) is 5.34. The van der Waals surface area contributed by atoms with Gasteiger partial charge in [0.2, 0.25) is 0 Å². The van der Waals surface area contributed by atoms with Crippen LogP contribution >= 0.6 is 39.7 Å². The number of thiocarbonyl (C=S) groups is 1. The number of amides is 1. The molecule has 2 rings (SSSR count). The van der Waals surface area contributed by atoms with Gasteiger partial charge in [0.25, 0.3) is 5.91 Å². The first kappa shape index (κ1) is 21.9. The third-order valence-electron chi connectivity index (χ3n) is 3.46. The molecule has 2 aromatic carbocycles. The van der Waals surface area contributed by atoms with Gasteiger partial charge in [-0.15, -0.1) is 0 Å². The summed E-state index contributed by atoms with van der Waals surface area (Å²) in [6.07, 6.45) is 0. The number of carboxylic acids is 1. The van der Waals surface area contributed by atoms with E-state index in [9.17, 15) is 9.59 Å². The Morgan fingerprint density at radius 3 is 2.54 bits per heavy atom. The number of rotatable bonds is 6. The zero-order valence-electron chi connectivity index (χ0n) is 14.8. The second-order valence-corrected chi connectivity index (χ2v) is 7.00. The van der Waals surface area contributed by atoms with Crippen molar-refractivity contribution in [3.8, 4) is 11.5 Å². The van der Waals surface area contributed by atoms with E-state index in [0.29, 0.717) is 22.4 Å². The van der Waals surface area contributed by atoms with Gasteiger partial charge in [0, 0.05) is 5.56 Å². The summed E-state index contributed by atoms with van der Waals surface area (Å²) in [5, 5.41) is 14.5. The van der Waals surface area contributed by atoms with Crippen molar-refractivity contribution in [2.24, 2.45) is 0 Å². The maximum Gasteiger partial charge on any atom is 0.335 e. The van der Waals surface area contributed by atoms with Crippen LogP contribution in [0, 0.1) is 0 Å². The van der Waals surface area contributed by atoms with Gasteiger partial charge in [0.15, 0.2) is 10.9 Å². The van der Waals surface area contributed by atoms with Gasteiger partial charge in [-0.3, -0.25) is 10.1 Å². The quantitative estimate of drug-likeness (QED) is 0.522. The number of carbonyl (C=O) groups excluding carboxylic acids is 1. The first-order valence-corrected chi connectivity index (χ1v) is 9.50. The summed E-state index contributed by atoms with van der Waals surface area (Å²) in [6.45, 7) is 2.36. The second-order valence-electron chi connectivity index (χ2n) is 5.33. The van der Waals surface area contributed by atoms with Crippen molar-refractivity contribution in [1.82, 2.24) is 5.32 Å². The van der Waals surface area contributed by atoms with Crippen molar-refractivity contribution >= 4 is 62.4 Å². The average molecular weight is 488 g/mol. The minimum absolute atomic E-state index is 0.0492. The minimum Gasteiger partial charge on any atom is -0.493 e. The summed E-state index contributed by atoms with van der Waals surface area (Å²) < 4.78 is 11.2. The van der Waals surface area contributed by atoms with E-state index >= 15 is 0 Å². The highest BCUT2D eigenvalue weighted by atomic mass is 79.9. The zero-order chi connectivity index (χ0) is 20.8. The Hall–Kier alpha value is -2.36. The van der Waals surface area contributed by atoms with Gasteiger partial charge in [0.1, 0.15) is 5.75 Å². The standard InChI is InChI=1S/C18H16BrClN2O5S/c1-3-27-14-5-4-9(6-11(14)19)16(23)22-18(28)21-13-8-10(17(24)25)7-12(20)15(13)26-2/h4-8H,3H2,1-2H3,(H,24,25)(H2,21,22,23,28). The van der Waals surface area contributed by atoms with Gasteiger partial charge >= 0.3 is 5.97 Å². The number of hydrogen-bond donors (Lipinski definition) is 3. The molecule has 2 aromatic rings. The van der Waals surface area contributed by atoms with Crippen molar-refractivity contribution in [3.63, 3.8) is 0 Å². The van der Waals surface area contributed by atoms with Gasteiger partial charge in [-0.2, -0.15) is 0 Å². The van der Waals surface area contributed by atoms with E-state index in [4.69, 9.17) is 38.4 Å². The molecule has 0 aromatic heterocycles. The number of carboxylic acid groups (broad SMARTS) is 1. The Morgan fingerprint density at radius 2 is 1.96 bits per heavy atom. The molecule has 10 heteroatoms. The van der Waals surface area contributed by atoms with Crippen LogP contribution in [0.2, 0.25) is 5.02 Å². The summed E-state index contributed by atoms with van der Waals surface area (Å²) in [4.78, 5) is 23.6. The van der Waals surface area contributed by atoms with Gasteiger partial charge in [0.05, 0.1) is 34.5 Å². The number of halogens is 2. The van der Waals surface area contributed by atoms with Gasteiger partial charge in [-0.05, 0) is 65.4 Å². The Bertz CT molecular complexity index is 938. The fourth-order valence-corrected chi connectivity index (χ4v) is 3.25. The molecule has 0 aliphatic heterocycles. The molecule has 0 heterocycles. The maximum atomic E-state index is 12.4. The smallest absolute Gasteiger partial charge is 0.335 e. The summed E-state index contributed by atoms with van der Waals surface area (Å²) in [7, 11) is 1.38. The normalized spacial score (nSPS) is 10.1. The third-order valence-corrected chi connectivity index (χ3v) is 4.57. The highest BCUT2D eigenvalue weighted by Crippen LogP contribution is 2.34. The van der Waals surface area contributed by atoms with Gasteiger partial charge < -0.3 is 19.9 Å². The van der Waals surface area contributed by atoms with Gasteiger partial charge in [-0.25, -0.2) is 4.79 Å². The van der Waals surface area contributed by atoms with E-state index in [-0.39, 0.29) is 27.1 Å². The number of anilines is 1. The Balaban J connectivity index is 2.17. The Labute approximate surface area is 180 Å². The van der Waals surface area contributed by atoms with Crippen molar-refractivity contribution in [1.29, 1.82) is 0 Å². The lowest BCUT2D eigenvalue weighted by Crippen LogP contribution is -2.34. The highest BCUT2D eigenvalue weighted by molar-refractivity contribution is 9.10. The molecule has 1 amide bonds. The molecule has 0 aliphatic rings. The molecular formula is C18H16BrClN2O5S. The summed E-state index contributed by atoms with van der Waals surface area (Å²) in [5.41, 5.74) is 0.507. The molecule has 0 aliphatic carbocycles. The number of aromatic carboxylic acids is 1. The summed E-state index contributed by atoms with van der Waals surface area (Å²) >= 11 is 14.5. The Kier molecular flexibility index (Phi) is 7.61. The Morgan fingerprint density at radius 1 is 1.25 bits per heavy atom. The largest absolute Gasteiger partial charge is 0.493 e. The van der Waals surface area contributed by atoms with Crippen LogP contribution in [0.1, 0.15) is 27.6 Å². The fraction of sp³-hybridized carbons (Fsp3) is 0.167. The molecule has 0 unspecified atom stereocenters. The molecule has 0 radical (unpaired) electrons. The number of ether oxygens (including phenoxy) is 2. The number of methoxy groups -OCH3 is 1. The van der Waals surface area contributed by atoms with E-state index in [0.717, 1.165) is 0 Å². The monoisotopic (exact) mass is 486 g/mol. The van der Waals surface area contributed by atoms with E-state index in [1.807, 2.05) is 6.92 Å². The van der Waals surface area contributed by atoms with Crippen molar-refractivity contribution in [2.75, 3.05) is 19.0 Å². The van der Waals surface area contributed by atoms with Gasteiger partial charge in [-0.1, -0.05) is 11.6 Å². The predicted octanol–water partition coefficient (Wildman–Crippen LogP) is 4.33. The molecule has 3 N–H and O–H groups in total. The molecule has 0 fully saturated rings. The van der Waals surface area contributed by atoms with Crippen LogP contribution in [0.5, 0.6) is 11.5 Å². The molecule has 7 nitrogen and oxygen atoms in total. The van der Waals surface area contributed by atoms with Crippen molar-refractivity contribution in [2.45, 2.75) is 6.92 Å². The molecular weight excluding hydrogens is 472 g/mol. The maximum absolute atomic E-state index is 12.4. The zero-order valence-corrected chi connectivity index (χ0v) is 18.0. The van der Waals surface area contributed by atoms with Crippen LogP contribution in [0.15, 0.2) is 34.8 Å². The molecule has 0 atom stereocenters. The molecule has 0 spiro atoms. The molecule has 28 heavy (non-hydrogen) atoms.